The monoisotopic (exact) mass is 263 g/mol. The van der Waals surface area contributed by atoms with Gasteiger partial charge in [0.25, 0.3) is 11.6 Å². The Bertz CT molecular complexity index is 520. The molecule has 0 bridgehead atoms. The van der Waals surface area contributed by atoms with Gasteiger partial charge < -0.3 is 10.6 Å². The van der Waals surface area contributed by atoms with Crippen LogP contribution >= 0.6 is 0 Å². The number of nitro groups is 1. The van der Waals surface area contributed by atoms with Crippen LogP contribution in [-0.2, 0) is 0 Å². The third-order valence-electron chi connectivity index (χ3n) is 3.61. The van der Waals surface area contributed by atoms with Crippen molar-refractivity contribution in [3.63, 3.8) is 0 Å². The molecule has 102 valence electrons. The molecule has 2 N–H and O–H groups in total. The van der Waals surface area contributed by atoms with Gasteiger partial charge in [-0.1, -0.05) is 6.92 Å². The second-order valence-electron chi connectivity index (χ2n) is 5.11. The number of non-ortho nitro benzene ring substituents is 1. The number of nitro benzene ring substituents is 1. The third-order valence-corrected chi connectivity index (χ3v) is 3.61. The average molecular weight is 263 g/mol. The molecule has 1 aromatic carbocycles. The zero-order valence-corrected chi connectivity index (χ0v) is 11.0. The van der Waals surface area contributed by atoms with Crippen molar-refractivity contribution in [2.75, 3.05) is 13.1 Å². The number of hydrogen-bond acceptors (Lipinski definition) is 4. The van der Waals surface area contributed by atoms with Crippen LogP contribution in [0.1, 0.15) is 22.8 Å². The molecule has 0 spiro atoms. The first-order valence-corrected chi connectivity index (χ1v) is 6.20. The summed E-state index contributed by atoms with van der Waals surface area (Å²) < 4.78 is 0. The Labute approximate surface area is 111 Å². The summed E-state index contributed by atoms with van der Waals surface area (Å²) in [7, 11) is 0. The van der Waals surface area contributed by atoms with Crippen molar-refractivity contribution in [2.45, 2.75) is 19.9 Å². The maximum absolute atomic E-state index is 12.3. The van der Waals surface area contributed by atoms with E-state index in [1.54, 1.807) is 11.8 Å². The Morgan fingerprint density at radius 1 is 1.47 bits per heavy atom. The molecule has 6 nitrogen and oxygen atoms in total. The fraction of sp³-hybridized carbons (Fsp3) is 0.462. The van der Waals surface area contributed by atoms with E-state index in [0.29, 0.717) is 24.2 Å². The molecule has 2 unspecified atom stereocenters. The summed E-state index contributed by atoms with van der Waals surface area (Å²) in [6, 6.07) is 4.30. The first kappa shape index (κ1) is 13.5. The molecule has 1 fully saturated rings. The predicted molar refractivity (Wildman–Crippen MR) is 70.9 cm³/mol. The molecule has 0 saturated carbocycles. The molecule has 0 aromatic heterocycles. The summed E-state index contributed by atoms with van der Waals surface area (Å²) in [6.07, 6.45) is 0. The molecule has 1 saturated heterocycles. The third kappa shape index (κ3) is 2.58. The van der Waals surface area contributed by atoms with Crippen molar-refractivity contribution in [1.29, 1.82) is 0 Å². The number of aryl methyl sites for hydroxylation is 1. The van der Waals surface area contributed by atoms with Crippen molar-refractivity contribution in [3.8, 4) is 0 Å². The number of benzene rings is 1. The number of carbonyl (C=O) groups excluding carboxylic acids is 1. The van der Waals surface area contributed by atoms with Crippen molar-refractivity contribution in [1.82, 2.24) is 4.90 Å². The fourth-order valence-electron chi connectivity index (χ4n) is 2.33. The number of amides is 1. The molecule has 1 heterocycles. The Kier molecular flexibility index (Phi) is 3.53. The van der Waals surface area contributed by atoms with Crippen LogP contribution in [0.4, 0.5) is 5.69 Å². The van der Waals surface area contributed by atoms with E-state index < -0.39 is 4.92 Å². The van der Waals surface area contributed by atoms with Crippen molar-refractivity contribution < 1.29 is 9.72 Å². The first-order valence-electron chi connectivity index (χ1n) is 6.20. The van der Waals surface area contributed by atoms with E-state index in [1.165, 1.54) is 18.2 Å². The minimum atomic E-state index is -0.463. The second kappa shape index (κ2) is 4.97. The molecular weight excluding hydrogens is 246 g/mol. The van der Waals surface area contributed by atoms with Crippen molar-refractivity contribution >= 4 is 11.6 Å². The summed E-state index contributed by atoms with van der Waals surface area (Å²) in [5.41, 5.74) is 7.03. The van der Waals surface area contributed by atoms with Crippen molar-refractivity contribution in [3.05, 3.63) is 39.4 Å². The van der Waals surface area contributed by atoms with E-state index in [9.17, 15) is 14.9 Å². The van der Waals surface area contributed by atoms with Crippen LogP contribution in [0, 0.1) is 23.0 Å². The lowest BCUT2D eigenvalue weighted by Crippen LogP contribution is -2.32. The van der Waals surface area contributed by atoms with E-state index in [0.717, 1.165) is 0 Å². The van der Waals surface area contributed by atoms with Crippen LogP contribution < -0.4 is 5.73 Å². The SMILES string of the molecule is Cc1cc([N+](=O)[O-])ccc1C(=O)N1CC(C)C(N)C1. The maximum atomic E-state index is 12.3. The predicted octanol–water partition coefficient (Wildman–Crippen LogP) is 1.32. The Balaban J connectivity index is 2.23. The Morgan fingerprint density at radius 3 is 2.63 bits per heavy atom. The molecule has 2 atom stereocenters. The lowest BCUT2D eigenvalue weighted by Gasteiger charge is -2.17. The quantitative estimate of drug-likeness (QED) is 0.643. The van der Waals surface area contributed by atoms with E-state index in [1.807, 2.05) is 6.92 Å². The molecule has 6 heteroatoms. The van der Waals surface area contributed by atoms with Gasteiger partial charge in [0.1, 0.15) is 0 Å². The molecular formula is C13H17N3O3. The smallest absolute Gasteiger partial charge is 0.269 e. The van der Waals surface area contributed by atoms with Gasteiger partial charge in [0, 0.05) is 36.8 Å². The normalized spacial score (nSPS) is 22.6. The van der Waals surface area contributed by atoms with Gasteiger partial charge in [-0.2, -0.15) is 0 Å². The van der Waals surface area contributed by atoms with Crippen LogP contribution in [-0.4, -0.2) is 34.9 Å². The van der Waals surface area contributed by atoms with Gasteiger partial charge in [-0.05, 0) is 24.5 Å². The van der Waals surface area contributed by atoms with E-state index in [4.69, 9.17) is 5.73 Å². The van der Waals surface area contributed by atoms with E-state index in [-0.39, 0.29) is 23.6 Å². The Morgan fingerprint density at radius 2 is 2.16 bits per heavy atom. The van der Waals surface area contributed by atoms with Gasteiger partial charge in [-0.15, -0.1) is 0 Å². The minimum absolute atomic E-state index is 0.000501. The molecule has 1 aliphatic heterocycles. The average Bonchev–Trinajstić information content (AvgIpc) is 2.68. The number of rotatable bonds is 2. The molecule has 1 amide bonds. The lowest BCUT2D eigenvalue weighted by atomic mass is 10.1. The number of nitrogens with two attached hydrogens (primary N) is 1. The van der Waals surface area contributed by atoms with Gasteiger partial charge in [0.05, 0.1) is 4.92 Å². The van der Waals surface area contributed by atoms with Gasteiger partial charge in [-0.25, -0.2) is 0 Å². The molecule has 1 aromatic rings. The molecule has 2 rings (SSSR count). The van der Waals surface area contributed by atoms with E-state index >= 15 is 0 Å². The van der Waals surface area contributed by atoms with Crippen LogP contribution in [0.3, 0.4) is 0 Å². The van der Waals surface area contributed by atoms with Crippen LogP contribution in [0.25, 0.3) is 0 Å². The zero-order chi connectivity index (χ0) is 14.2. The second-order valence-corrected chi connectivity index (χ2v) is 5.11. The number of hydrogen-bond donors (Lipinski definition) is 1. The van der Waals surface area contributed by atoms with Gasteiger partial charge in [0.15, 0.2) is 0 Å². The van der Waals surface area contributed by atoms with Crippen LogP contribution in [0.15, 0.2) is 18.2 Å². The number of nitrogens with zero attached hydrogens (tertiary/aromatic N) is 2. The standard InChI is InChI=1S/C13H17N3O3/c1-8-5-10(16(18)19)3-4-11(8)13(17)15-6-9(2)12(14)7-15/h3-5,9,12H,6-7,14H2,1-2H3. The topological polar surface area (TPSA) is 89.5 Å². The maximum Gasteiger partial charge on any atom is 0.269 e. The van der Waals surface area contributed by atoms with Crippen LogP contribution in [0.5, 0.6) is 0 Å². The highest BCUT2D eigenvalue weighted by Crippen LogP contribution is 2.22. The summed E-state index contributed by atoms with van der Waals surface area (Å²) >= 11 is 0. The van der Waals surface area contributed by atoms with Gasteiger partial charge in [-0.3, -0.25) is 14.9 Å². The molecule has 1 aliphatic rings. The van der Waals surface area contributed by atoms with E-state index in [2.05, 4.69) is 0 Å². The summed E-state index contributed by atoms with van der Waals surface area (Å²) in [4.78, 5) is 24.3. The lowest BCUT2D eigenvalue weighted by molar-refractivity contribution is -0.384. The highest BCUT2D eigenvalue weighted by Gasteiger charge is 2.31. The summed E-state index contributed by atoms with van der Waals surface area (Å²) in [5.74, 6) is 0.175. The van der Waals surface area contributed by atoms with Crippen LogP contribution in [0.2, 0.25) is 0 Å². The largest absolute Gasteiger partial charge is 0.337 e. The molecule has 19 heavy (non-hydrogen) atoms. The number of carbonyl (C=O) groups is 1. The van der Waals surface area contributed by atoms with Gasteiger partial charge in [0.2, 0.25) is 0 Å². The Hall–Kier alpha value is -1.95. The highest BCUT2D eigenvalue weighted by molar-refractivity contribution is 5.96. The summed E-state index contributed by atoms with van der Waals surface area (Å²) in [5, 5.41) is 10.7. The summed E-state index contributed by atoms with van der Waals surface area (Å²) in [6.45, 7) is 4.90. The number of likely N-dealkylation sites (tertiary alicyclic amines) is 1. The zero-order valence-electron chi connectivity index (χ0n) is 11.0. The van der Waals surface area contributed by atoms with Crippen molar-refractivity contribution in [2.24, 2.45) is 11.7 Å². The fourth-order valence-corrected chi connectivity index (χ4v) is 2.33. The minimum Gasteiger partial charge on any atom is -0.337 e. The van der Waals surface area contributed by atoms with Gasteiger partial charge >= 0.3 is 0 Å². The first-order chi connectivity index (χ1) is 8.90. The molecule has 0 aliphatic carbocycles. The highest BCUT2D eigenvalue weighted by atomic mass is 16.6. The molecule has 0 radical (unpaired) electrons.